The Morgan fingerprint density at radius 2 is 2.16 bits per heavy atom. The van der Waals surface area contributed by atoms with E-state index >= 15 is 0 Å². The third-order valence-electron chi connectivity index (χ3n) is 3.63. The van der Waals surface area contributed by atoms with E-state index in [1.807, 2.05) is 6.92 Å². The average Bonchev–Trinajstić information content (AvgIpc) is 2.98. The van der Waals surface area contributed by atoms with Gasteiger partial charge in [-0.05, 0) is 53.2 Å². The Bertz CT molecular complexity index is 516. The van der Waals surface area contributed by atoms with Gasteiger partial charge in [-0.1, -0.05) is 12.8 Å². The molecule has 7 heteroatoms. The van der Waals surface area contributed by atoms with E-state index in [0.717, 1.165) is 22.2 Å². The van der Waals surface area contributed by atoms with E-state index in [9.17, 15) is 8.42 Å². The largest absolute Gasteiger partial charge is 0.329 e. The second kappa shape index (κ2) is 6.22. The van der Waals surface area contributed by atoms with Gasteiger partial charge >= 0.3 is 0 Å². The summed E-state index contributed by atoms with van der Waals surface area (Å²) >= 11 is 4.60. The number of aryl methyl sites for hydroxylation is 1. The summed E-state index contributed by atoms with van der Waals surface area (Å²) < 4.78 is 28.7. The molecule has 1 aliphatic rings. The van der Waals surface area contributed by atoms with Gasteiger partial charge in [0.05, 0.1) is 3.79 Å². The number of hydrogen-bond acceptors (Lipinski definition) is 4. The van der Waals surface area contributed by atoms with Gasteiger partial charge in [0.1, 0.15) is 4.21 Å². The lowest BCUT2D eigenvalue weighted by Crippen LogP contribution is -2.44. The fourth-order valence-electron chi connectivity index (χ4n) is 2.52. The van der Waals surface area contributed by atoms with Gasteiger partial charge in [0.2, 0.25) is 10.0 Å². The molecule has 1 aromatic heterocycles. The molecule has 0 amide bonds. The van der Waals surface area contributed by atoms with Crippen molar-refractivity contribution >= 4 is 37.3 Å². The van der Waals surface area contributed by atoms with Crippen LogP contribution in [0.5, 0.6) is 0 Å². The van der Waals surface area contributed by atoms with Crippen LogP contribution in [0.3, 0.4) is 0 Å². The highest BCUT2D eigenvalue weighted by atomic mass is 79.9. The Hall–Kier alpha value is 0.0500. The Morgan fingerprint density at radius 1 is 1.53 bits per heavy atom. The maximum atomic E-state index is 12.3. The monoisotopic (exact) mass is 366 g/mol. The number of nitrogens with one attached hydrogen (secondary N) is 1. The number of sulfonamides is 1. The molecule has 19 heavy (non-hydrogen) atoms. The van der Waals surface area contributed by atoms with Crippen molar-refractivity contribution < 1.29 is 8.42 Å². The van der Waals surface area contributed by atoms with Crippen molar-refractivity contribution in [2.75, 3.05) is 6.54 Å². The summed E-state index contributed by atoms with van der Waals surface area (Å²) in [7, 11) is -3.45. The van der Waals surface area contributed by atoms with Crippen LogP contribution in [0, 0.1) is 12.8 Å². The zero-order valence-electron chi connectivity index (χ0n) is 10.9. The number of rotatable bonds is 5. The average molecular weight is 367 g/mol. The number of thiophene rings is 1. The van der Waals surface area contributed by atoms with Gasteiger partial charge in [-0.2, -0.15) is 0 Å². The van der Waals surface area contributed by atoms with Gasteiger partial charge in [-0.15, -0.1) is 11.3 Å². The third-order valence-corrected chi connectivity index (χ3v) is 7.73. The molecule has 3 N–H and O–H groups in total. The van der Waals surface area contributed by atoms with Gasteiger partial charge in [0.15, 0.2) is 0 Å². The van der Waals surface area contributed by atoms with E-state index in [-0.39, 0.29) is 6.04 Å². The molecule has 0 bridgehead atoms. The number of halogens is 1. The molecule has 1 atom stereocenters. The van der Waals surface area contributed by atoms with Crippen LogP contribution in [-0.4, -0.2) is 21.0 Å². The first kappa shape index (κ1) is 15.4. The summed E-state index contributed by atoms with van der Waals surface area (Å²) in [5.74, 6) is 0.379. The Kier molecular flexibility index (Phi) is 5.05. The van der Waals surface area contributed by atoms with Crippen LogP contribution in [0.2, 0.25) is 0 Å². The zero-order chi connectivity index (χ0) is 14.0. The lowest BCUT2D eigenvalue weighted by Gasteiger charge is -2.22. The van der Waals surface area contributed by atoms with Gasteiger partial charge in [-0.25, -0.2) is 13.1 Å². The van der Waals surface area contributed by atoms with Crippen molar-refractivity contribution in [3.05, 3.63) is 15.4 Å². The molecule has 2 rings (SSSR count). The lowest BCUT2D eigenvalue weighted by atomic mass is 9.99. The van der Waals surface area contributed by atoms with Crippen molar-refractivity contribution in [1.29, 1.82) is 0 Å². The van der Waals surface area contributed by atoms with Crippen LogP contribution in [-0.2, 0) is 10.0 Å². The maximum absolute atomic E-state index is 12.3. The topological polar surface area (TPSA) is 72.2 Å². The first-order valence-electron chi connectivity index (χ1n) is 6.42. The van der Waals surface area contributed by atoms with E-state index in [2.05, 4.69) is 20.7 Å². The highest BCUT2D eigenvalue weighted by Crippen LogP contribution is 2.32. The highest BCUT2D eigenvalue weighted by molar-refractivity contribution is 9.11. The Morgan fingerprint density at radius 3 is 2.63 bits per heavy atom. The standard InChI is InChI=1S/C12H19BrN2O2S2/c1-8-6-11(18-12(8)13)19(16,17)15-10(7-14)9-4-2-3-5-9/h6,9-10,15H,2-5,7,14H2,1H3. The van der Waals surface area contributed by atoms with E-state index in [0.29, 0.717) is 16.7 Å². The molecule has 0 radical (unpaired) electrons. The summed E-state index contributed by atoms with van der Waals surface area (Å²) in [6.07, 6.45) is 4.48. The normalized spacial score (nSPS) is 18.9. The van der Waals surface area contributed by atoms with Crippen LogP contribution < -0.4 is 10.5 Å². The van der Waals surface area contributed by atoms with Crippen LogP contribution in [0.1, 0.15) is 31.2 Å². The zero-order valence-corrected chi connectivity index (χ0v) is 14.1. The van der Waals surface area contributed by atoms with Gasteiger partial charge in [0, 0.05) is 12.6 Å². The maximum Gasteiger partial charge on any atom is 0.250 e. The Balaban J connectivity index is 2.15. The minimum Gasteiger partial charge on any atom is -0.329 e. The highest BCUT2D eigenvalue weighted by Gasteiger charge is 2.29. The first-order chi connectivity index (χ1) is 8.94. The van der Waals surface area contributed by atoms with Crippen LogP contribution in [0.15, 0.2) is 14.1 Å². The summed E-state index contributed by atoms with van der Waals surface area (Å²) in [5.41, 5.74) is 6.68. The molecule has 0 spiro atoms. The molecule has 1 heterocycles. The predicted molar refractivity (Wildman–Crippen MR) is 81.9 cm³/mol. The number of hydrogen-bond donors (Lipinski definition) is 2. The molecule has 0 aliphatic heterocycles. The van der Waals surface area contributed by atoms with Crippen LogP contribution >= 0.6 is 27.3 Å². The second-order valence-corrected chi connectivity index (χ2v) is 9.34. The molecule has 1 fully saturated rings. The van der Waals surface area contributed by atoms with E-state index < -0.39 is 10.0 Å². The first-order valence-corrected chi connectivity index (χ1v) is 9.51. The minimum atomic E-state index is -3.45. The Labute approximate surface area is 127 Å². The molecule has 0 aromatic carbocycles. The lowest BCUT2D eigenvalue weighted by molar-refractivity contribution is 0.406. The summed E-state index contributed by atoms with van der Waals surface area (Å²) in [4.78, 5) is 0. The van der Waals surface area contributed by atoms with Crippen molar-refractivity contribution in [3.8, 4) is 0 Å². The molecular formula is C12H19BrN2O2S2. The summed E-state index contributed by atoms with van der Waals surface area (Å²) in [5, 5.41) is 0. The summed E-state index contributed by atoms with van der Waals surface area (Å²) in [6, 6.07) is 1.55. The predicted octanol–water partition coefficient (Wildman–Crippen LogP) is 2.61. The van der Waals surface area contributed by atoms with Crippen molar-refractivity contribution in [2.24, 2.45) is 11.7 Å². The second-order valence-electron chi connectivity index (χ2n) is 5.03. The van der Waals surface area contributed by atoms with Gasteiger partial charge in [0.25, 0.3) is 0 Å². The fraction of sp³-hybridized carbons (Fsp3) is 0.667. The molecule has 4 nitrogen and oxygen atoms in total. The van der Waals surface area contributed by atoms with Gasteiger partial charge < -0.3 is 5.73 Å². The molecule has 1 unspecified atom stereocenters. The fourth-order valence-corrected chi connectivity index (χ4v) is 6.08. The van der Waals surface area contributed by atoms with Crippen molar-refractivity contribution in [2.45, 2.75) is 42.9 Å². The molecule has 1 saturated carbocycles. The summed E-state index contributed by atoms with van der Waals surface area (Å²) in [6.45, 7) is 2.24. The molecular weight excluding hydrogens is 348 g/mol. The van der Waals surface area contributed by atoms with Gasteiger partial charge in [-0.3, -0.25) is 0 Å². The molecule has 108 valence electrons. The van der Waals surface area contributed by atoms with Crippen LogP contribution in [0.4, 0.5) is 0 Å². The SMILES string of the molecule is Cc1cc(S(=O)(=O)NC(CN)C2CCCC2)sc1Br. The van der Waals surface area contributed by atoms with Crippen molar-refractivity contribution in [1.82, 2.24) is 4.72 Å². The minimum absolute atomic E-state index is 0.145. The van der Waals surface area contributed by atoms with Crippen LogP contribution in [0.25, 0.3) is 0 Å². The van der Waals surface area contributed by atoms with E-state index in [1.165, 1.54) is 24.2 Å². The van der Waals surface area contributed by atoms with Crippen molar-refractivity contribution in [3.63, 3.8) is 0 Å². The van der Waals surface area contributed by atoms with E-state index in [1.54, 1.807) is 6.07 Å². The van der Waals surface area contributed by atoms with E-state index in [4.69, 9.17) is 5.73 Å². The third kappa shape index (κ3) is 3.58. The molecule has 1 aliphatic carbocycles. The number of nitrogens with two attached hydrogens (primary N) is 1. The quantitative estimate of drug-likeness (QED) is 0.840. The molecule has 0 saturated heterocycles. The smallest absolute Gasteiger partial charge is 0.250 e. The molecule has 1 aromatic rings.